The highest BCUT2D eigenvalue weighted by molar-refractivity contribution is 6.30. The van der Waals surface area contributed by atoms with Crippen LogP contribution < -0.4 is 5.56 Å². The van der Waals surface area contributed by atoms with Crippen LogP contribution in [-0.2, 0) is 4.94 Å². The number of carbonyl (C=O) groups excluding carboxylic acids is 1. The van der Waals surface area contributed by atoms with Crippen molar-refractivity contribution < 1.29 is 18.7 Å². The highest BCUT2D eigenvalue weighted by Crippen LogP contribution is 2.25. The Bertz CT molecular complexity index is 1010. The highest BCUT2D eigenvalue weighted by Gasteiger charge is 2.18. The maximum atomic E-state index is 14.1. The molecular formula is C16H10ClF2N3O3. The number of carbonyl (C=O) groups is 1. The van der Waals surface area contributed by atoms with E-state index < -0.39 is 17.3 Å². The molecule has 0 radical (unpaired) electrons. The van der Waals surface area contributed by atoms with E-state index in [1.165, 1.54) is 24.3 Å². The molecule has 6 nitrogen and oxygen atoms in total. The maximum Gasteiger partial charge on any atom is 0.381 e. The third-order valence-electron chi connectivity index (χ3n) is 3.55. The maximum absolute atomic E-state index is 14.1. The SMILES string of the molecule is Cc1[nH]n(-c2ccc(C(=O)OF)cn2)c(=O)c1-c1ccc(Cl)cc1F. The summed E-state index contributed by atoms with van der Waals surface area (Å²) in [4.78, 5) is 30.7. The molecule has 0 spiro atoms. The molecule has 0 aliphatic heterocycles. The van der Waals surface area contributed by atoms with Crippen LogP contribution in [0.25, 0.3) is 16.9 Å². The van der Waals surface area contributed by atoms with Crippen molar-refractivity contribution in [2.24, 2.45) is 0 Å². The summed E-state index contributed by atoms with van der Waals surface area (Å²) in [7, 11) is 0. The van der Waals surface area contributed by atoms with E-state index in [-0.39, 0.29) is 27.5 Å². The molecule has 0 saturated heterocycles. The lowest BCUT2D eigenvalue weighted by Gasteiger charge is -2.01. The van der Waals surface area contributed by atoms with Crippen molar-refractivity contribution in [3.05, 3.63) is 69.0 Å². The summed E-state index contributed by atoms with van der Waals surface area (Å²) in [6.45, 7) is 1.61. The minimum absolute atomic E-state index is 0.0968. The minimum atomic E-state index is -1.20. The van der Waals surface area contributed by atoms with Crippen molar-refractivity contribution in [2.75, 3.05) is 0 Å². The van der Waals surface area contributed by atoms with Gasteiger partial charge in [-0.2, -0.15) is 0 Å². The number of nitrogens with one attached hydrogen (secondary N) is 1. The fourth-order valence-corrected chi connectivity index (χ4v) is 2.56. The number of hydrogen-bond donors (Lipinski definition) is 1. The number of halogens is 3. The van der Waals surface area contributed by atoms with E-state index in [1.807, 2.05) is 0 Å². The van der Waals surface area contributed by atoms with Gasteiger partial charge in [0, 0.05) is 27.0 Å². The van der Waals surface area contributed by atoms with E-state index in [2.05, 4.69) is 15.0 Å². The van der Waals surface area contributed by atoms with Gasteiger partial charge in [0.1, 0.15) is 5.82 Å². The number of aromatic amines is 1. The first-order chi connectivity index (χ1) is 11.9. The largest absolute Gasteiger partial charge is 0.381 e. The molecule has 0 saturated carbocycles. The average Bonchev–Trinajstić information content (AvgIpc) is 2.89. The van der Waals surface area contributed by atoms with E-state index >= 15 is 0 Å². The van der Waals surface area contributed by atoms with Gasteiger partial charge >= 0.3 is 5.97 Å². The number of benzene rings is 1. The smallest absolute Gasteiger partial charge is 0.293 e. The normalized spacial score (nSPS) is 10.7. The molecule has 0 aliphatic rings. The fraction of sp³-hybridized carbons (Fsp3) is 0.0625. The van der Waals surface area contributed by atoms with Crippen LogP contribution in [0.15, 0.2) is 41.3 Å². The number of H-pyrrole nitrogens is 1. The van der Waals surface area contributed by atoms with Gasteiger partial charge in [-0.15, -0.1) is 0 Å². The number of pyridine rings is 1. The van der Waals surface area contributed by atoms with Gasteiger partial charge in [-0.25, -0.2) is 23.8 Å². The summed E-state index contributed by atoms with van der Waals surface area (Å²) in [5.41, 5.74) is -0.0124. The predicted molar refractivity (Wildman–Crippen MR) is 85.8 cm³/mol. The zero-order valence-corrected chi connectivity index (χ0v) is 13.5. The molecule has 0 atom stereocenters. The number of aromatic nitrogens is 3. The van der Waals surface area contributed by atoms with Crippen LogP contribution in [0.3, 0.4) is 0 Å². The van der Waals surface area contributed by atoms with Crippen LogP contribution in [0.4, 0.5) is 8.92 Å². The van der Waals surface area contributed by atoms with E-state index in [1.54, 1.807) is 6.92 Å². The summed E-state index contributed by atoms with van der Waals surface area (Å²) >= 11 is 5.73. The number of aryl methyl sites for hydroxylation is 1. The van der Waals surface area contributed by atoms with Gasteiger partial charge in [-0.05, 0) is 37.3 Å². The molecule has 2 heterocycles. The molecule has 0 unspecified atom stereocenters. The molecule has 128 valence electrons. The molecular weight excluding hydrogens is 356 g/mol. The van der Waals surface area contributed by atoms with Gasteiger partial charge in [-0.3, -0.25) is 9.89 Å². The summed E-state index contributed by atoms with van der Waals surface area (Å²) in [6, 6.07) is 6.57. The molecule has 3 rings (SSSR count). The molecule has 2 aromatic heterocycles. The van der Waals surface area contributed by atoms with Crippen molar-refractivity contribution in [3.8, 4) is 16.9 Å². The Hall–Kier alpha value is -3.00. The van der Waals surface area contributed by atoms with Crippen molar-refractivity contribution in [2.45, 2.75) is 6.92 Å². The first kappa shape index (κ1) is 16.8. The fourth-order valence-electron chi connectivity index (χ4n) is 2.40. The first-order valence-electron chi connectivity index (χ1n) is 6.98. The van der Waals surface area contributed by atoms with Crippen LogP contribution in [0, 0.1) is 12.7 Å². The number of hydrogen-bond acceptors (Lipinski definition) is 4. The van der Waals surface area contributed by atoms with Gasteiger partial charge in [0.2, 0.25) is 0 Å². The van der Waals surface area contributed by atoms with Gasteiger partial charge in [0.25, 0.3) is 5.56 Å². The van der Waals surface area contributed by atoms with E-state index in [4.69, 9.17) is 11.6 Å². The Morgan fingerprint density at radius 3 is 2.68 bits per heavy atom. The predicted octanol–water partition coefficient (Wildman–Crippen LogP) is 3.37. The standard InChI is InChI=1S/C16H10ClF2N3O3/c1-8-14(11-4-3-10(17)6-12(11)18)15(23)22(21-8)13-5-2-9(7-20-13)16(24)25-19/h2-7,21H,1H3. The molecule has 25 heavy (non-hydrogen) atoms. The number of rotatable bonds is 3. The molecule has 0 aliphatic carbocycles. The first-order valence-corrected chi connectivity index (χ1v) is 7.36. The van der Waals surface area contributed by atoms with Crippen molar-refractivity contribution in [1.29, 1.82) is 0 Å². The Morgan fingerprint density at radius 1 is 1.32 bits per heavy atom. The van der Waals surface area contributed by atoms with Gasteiger partial charge in [0.15, 0.2) is 5.82 Å². The Kier molecular flexibility index (Phi) is 4.37. The second-order valence-corrected chi connectivity index (χ2v) is 5.58. The molecule has 0 fully saturated rings. The molecule has 1 aromatic carbocycles. The summed E-state index contributed by atoms with van der Waals surface area (Å²) in [6.07, 6.45) is 1.06. The van der Waals surface area contributed by atoms with Gasteiger partial charge in [-0.1, -0.05) is 11.6 Å². The Morgan fingerprint density at radius 2 is 2.08 bits per heavy atom. The number of nitrogens with zero attached hydrogens (tertiary/aromatic N) is 2. The minimum Gasteiger partial charge on any atom is -0.293 e. The second-order valence-electron chi connectivity index (χ2n) is 5.15. The lowest BCUT2D eigenvalue weighted by molar-refractivity contribution is -0.0788. The summed E-state index contributed by atoms with van der Waals surface area (Å²) in [5.74, 6) is -1.69. The monoisotopic (exact) mass is 365 g/mol. The molecule has 1 N–H and O–H groups in total. The summed E-state index contributed by atoms with van der Waals surface area (Å²) < 4.78 is 27.1. The molecule has 3 aromatic rings. The van der Waals surface area contributed by atoms with Crippen LogP contribution >= 0.6 is 11.6 Å². The lowest BCUT2D eigenvalue weighted by atomic mass is 10.1. The third kappa shape index (κ3) is 3.03. The van der Waals surface area contributed by atoms with Crippen LogP contribution in [0.5, 0.6) is 0 Å². The van der Waals surface area contributed by atoms with E-state index in [0.29, 0.717) is 5.69 Å². The molecule has 0 amide bonds. The second kappa shape index (κ2) is 6.48. The third-order valence-corrected chi connectivity index (χ3v) is 3.79. The topological polar surface area (TPSA) is 77.0 Å². The zero-order valence-electron chi connectivity index (χ0n) is 12.7. The van der Waals surface area contributed by atoms with Crippen molar-refractivity contribution in [3.63, 3.8) is 0 Å². The van der Waals surface area contributed by atoms with Gasteiger partial charge in [0.05, 0.1) is 11.1 Å². The van der Waals surface area contributed by atoms with Gasteiger partial charge < -0.3 is 0 Å². The molecule has 9 heteroatoms. The van der Waals surface area contributed by atoms with Crippen molar-refractivity contribution in [1.82, 2.24) is 14.8 Å². The highest BCUT2D eigenvalue weighted by atomic mass is 35.5. The van der Waals surface area contributed by atoms with E-state index in [0.717, 1.165) is 16.9 Å². The van der Waals surface area contributed by atoms with Crippen molar-refractivity contribution >= 4 is 17.6 Å². The molecule has 0 bridgehead atoms. The van der Waals surface area contributed by atoms with Crippen LogP contribution in [0.2, 0.25) is 5.02 Å². The zero-order chi connectivity index (χ0) is 18.1. The summed E-state index contributed by atoms with van der Waals surface area (Å²) in [5, 5.41) is 3.00. The Balaban J connectivity index is 2.08. The van der Waals surface area contributed by atoms with Crippen LogP contribution in [-0.4, -0.2) is 20.7 Å². The van der Waals surface area contributed by atoms with Crippen LogP contribution in [0.1, 0.15) is 16.1 Å². The quantitative estimate of drug-likeness (QED) is 0.772. The Labute approximate surface area is 144 Å². The average molecular weight is 366 g/mol. The van der Waals surface area contributed by atoms with E-state index in [9.17, 15) is 18.5 Å². The lowest BCUT2D eigenvalue weighted by Crippen LogP contribution is -2.17.